The molecule has 0 aliphatic carbocycles. The minimum Gasteiger partial charge on any atom is -0.463 e. The molecule has 0 radical (unpaired) electrons. The Bertz CT molecular complexity index is 583. The van der Waals surface area contributed by atoms with Gasteiger partial charge in [0.2, 0.25) is 5.82 Å². The molecule has 0 atom stereocenters. The van der Waals surface area contributed by atoms with Crippen molar-refractivity contribution in [3.63, 3.8) is 0 Å². The number of imidazole rings is 1. The highest BCUT2D eigenvalue weighted by molar-refractivity contribution is 5.86. The molecule has 0 saturated carbocycles. The van der Waals surface area contributed by atoms with Gasteiger partial charge >= 0.3 is 5.97 Å². The van der Waals surface area contributed by atoms with Gasteiger partial charge in [0.1, 0.15) is 0 Å². The van der Waals surface area contributed by atoms with Crippen LogP contribution in [0.2, 0.25) is 0 Å². The van der Waals surface area contributed by atoms with Crippen LogP contribution in [0.5, 0.6) is 0 Å². The summed E-state index contributed by atoms with van der Waals surface area (Å²) in [4.78, 5) is 15.8. The smallest absolute Gasteiger partial charge is 0.374 e. The van der Waals surface area contributed by atoms with Crippen LogP contribution < -0.4 is 0 Å². The lowest BCUT2D eigenvalue weighted by atomic mass is 10.0. The Morgan fingerprint density at radius 3 is 2.42 bits per heavy atom. The molecule has 19 heavy (non-hydrogen) atoms. The molecule has 0 amide bonds. The van der Waals surface area contributed by atoms with Gasteiger partial charge in [0.15, 0.2) is 0 Å². The maximum Gasteiger partial charge on any atom is 0.374 e. The van der Waals surface area contributed by atoms with E-state index in [1.165, 1.54) is 12.7 Å². The Morgan fingerprint density at radius 2 is 1.89 bits per heavy atom. The number of ether oxygens (including phenoxy) is 1. The van der Waals surface area contributed by atoms with Gasteiger partial charge in [-0.25, -0.2) is 9.78 Å². The van der Waals surface area contributed by atoms with E-state index in [1.54, 1.807) is 11.6 Å². The molecular formula is C15H18N2O2. The second-order valence-electron chi connectivity index (χ2n) is 4.83. The Hall–Kier alpha value is -2.10. The van der Waals surface area contributed by atoms with Crippen molar-refractivity contribution in [2.24, 2.45) is 7.05 Å². The van der Waals surface area contributed by atoms with Crippen molar-refractivity contribution in [3.05, 3.63) is 41.9 Å². The molecule has 1 heterocycles. The molecule has 0 N–H and O–H groups in total. The standard InChI is InChI=1S/C15H18N2O2/c1-10(2)11-5-7-12(8-6-11)13-9-17(3)14(16-13)15(18)19-4/h5-10H,1-4H3. The highest BCUT2D eigenvalue weighted by Crippen LogP contribution is 2.22. The molecule has 1 aromatic carbocycles. The summed E-state index contributed by atoms with van der Waals surface area (Å²) in [6, 6.07) is 8.23. The van der Waals surface area contributed by atoms with Crippen LogP contribution in [-0.2, 0) is 11.8 Å². The Labute approximate surface area is 113 Å². The number of carbonyl (C=O) groups is 1. The van der Waals surface area contributed by atoms with Crippen molar-refractivity contribution in [1.29, 1.82) is 0 Å². The van der Waals surface area contributed by atoms with Crippen LogP contribution in [0.4, 0.5) is 0 Å². The first-order chi connectivity index (χ1) is 9.02. The maximum atomic E-state index is 11.5. The molecule has 2 aromatic rings. The van der Waals surface area contributed by atoms with Crippen molar-refractivity contribution in [1.82, 2.24) is 9.55 Å². The third-order valence-corrected chi connectivity index (χ3v) is 3.12. The van der Waals surface area contributed by atoms with E-state index in [1.807, 2.05) is 18.3 Å². The average molecular weight is 258 g/mol. The van der Waals surface area contributed by atoms with Crippen LogP contribution in [0.1, 0.15) is 35.9 Å². The number of carbonyl (C=O) groups excluding carboxylic acids is 1. The van der Waals surface area contributed by atoms with Gasteiger partial charge in [0, 0.05) is 18.8 Å². The first kappa shape index (κ1) is 13.3. The number of rotatable bonds is 3. The summed E-state index contributed by atoms with van der Waals surface area (Å²) in [6.45, 7) is 4.32. The zero-order chi connectivity index (χ0) is 14.0. The summed E-state index contributed by atoms with van der Waals surface area (Å²) >= 11 is 0. The first-order valence-electron chi connectivity index (χ1n) is 6.25. The topological polar surface area (TPSA) is 44.1 Å². The van der Waals surface area contributed by atoms with Crippen LogP contribution in [0, 0.1) is 0 Å². The van der Waals surface area contributed by atoms with Crippen molar-refractivity contribution in [3.8, 4) is 11.3 Å². The van der Waals surface area contributed by atoms with Gasteiger partial charge in [-0.05, 0) is 11.5 Å². The number of methoxy groups -OCH3 is 1. The predicted molar refractivity (Wildman–Crippen MR) is 74.1 cm³/mol. The fraction of sp³-hybridized carbons (Fsp3) is 0.333. The summed E-state index contributed by atoms with van der Waals surface area (Å²) in [6.07, 6.45) is 1.83. The maximum absolute atomic E-state index is 11.5. The number of hydrogen-bond acceptors (Lipinski definition) is 3. The summed E-state index contributed by atoms with van der Waals surface area (Å²) in [5.41, 5.74) is 3.06. The molecule has 4 heteroatoms. The molecule has 0 aliphatic rings. The first-order valence-corrected chi connectivity index (χ1v) is 6.25. The summed E-state index contributed by atoms with van der Waals surface area (Å²) in [5.74, 6) is 0.390. The molecule has 0 fully saturated rings. The Morgan fingerprint density at radius 1 is 1.26 bits per heavy atom. The number of hydrogen-bond donors (Lipinski definition) is 0. The van der Waals surface area contributed by atoms with E-state index >= 15 is 0 Å². The molecule has 2 rings (SSSR count). The molecule has 0 unspecified atom stereocenters. The second kappa shape index (κ2) is 5.26. The summed E-state index contributed by atoms with van der Waals surface area (Å²) < 4.78 is 6.37. The number of esters is 1. The summed E-state index contributed by atoms with van der Waals surface area (Å²) in [7, 11) is 3.14. The quantitative estimate of drug-likeness (QED) is 0.795. The van der Waals surface area contributed by atoms with E-state index in [4.69, 9.17) is 4.74 Å². The second-order valence-corrected chi connectivity index (χ2v) is 4.83. The number of aromatic nitrogens is 2. The zero-order valence-corrected chi connectivity index (χ0v) is 11.7. The van der Waals surface area contributed by atoms with Gasteiger partial charge in [-0.3, -0.25) is 0 Å². The highest BCUT2D eigenvalue weighted by atomic mass is 16.5. The van der Waals surface area contributed by atoms with Gasteiger partial charge in [0.25, 0.3) is 0 Å². The fourth-order valence-corrected chi connectivity index (χ4v) is 1.93. The minimum atomic E-state index is -0.424. The van der Waals surface area contributed by atoms with E-state index in [0.29, 0.717) is 11.7 Å². The van der Waals surface area contributed by atoms with Gasteiger partial charge < -0.3 is 9.30 Å². The Balaban J connectivity index is 2.34. The molecule has 0 bridgehead atoms. The number of nitrogens with zero attached hydrogens (tertiary/aromatic N) is 2. The SMILES string of the molecule is COC(=O)c1nc(-c2ccc(C(C)C)cc2)cn1C. The molecule has 0 aliphatic heterocycles. The molecule has 0 saturated heterocycles. The van der Waals surface area contributed by atoms with Crippen molar-refractivity contribution < 1.29 is 9.53 Å². The van der Waals surface area contributed by atoms with Crippen LogP contribution in [0.15, 0.2) is 30.5 Å². The van der Waals surface area contributed by atoms with Gasteiger partial charge in [-0.15, -0.1) is 0 Å². The monoisotopic (exact) mass is 258 g/mol. The van der Waals surface area contributed by atoms with Crippen LogP contribution in [0.3, 0.4) is 0 Å². The molecule has 4 nitrogen and oxygen atoms in total. The summed E-state index contributed by atoms with van der Waals surface area (Å²) in [5, 5.41) is 0. The largest absolute Gasteiger partial charge is 0.463 e. The molecule has 0 spiro atoms. The van der Waals surface area contributed by atoms with Crippen molar-refractivity contribution >= 4 is 5.97 Å². The fourth-order valence-electron chi connectivity index (χ4n) is 1.93. The molecule has 100 valence electrons. The Kier molecular flexibility index (Phi) is 3.69. The van der Waals surface area contributed by atoms with Crippen LogP contribution >= 0.6 is 0 Å². The lowest BCUT2D eigenvalue weighted by Gasteiger charge is -2.05. The van der Waals surface area contributed by atoms with E-state index in [0.717, 1.165) is 11.3 Å². The van der Waals surface area contributed by atoms with Crippen LogP contribution in [0.25, 0.3) is 11.3 Å². The van der Waals surface area contributed by atoms with Gasteiger partial charge in [0.05, 0.1) is 12.8 Å². The normalized spacial score (nSPS) is 10.8. The van der Waals surface area contributed by atoms with Crippen molar-refractivity contribution in [2.45, 2.75) is 19.8 Å². The van der Waals surface area contributed by atoms with Gasteiger partial charge in [-0.2, -0.15) is 0 Å². The van der Waals surface area contributed by atoms with E-state index in [2.05, 4.69) is 31.0 Å². The average Bonchev–Trinajstić information content (AvgIpc) is 2.80. The third kappa shape index (κ3) is 2.67. The molecular weight excluding hydrogens is 240 g/mol. The zero-order valence-electron chi connectivity index (χ0n) is 11.7. The predicted octanol–water partition coefficient (Wildman–Crippen LogP) is 3.00. The lowest BCUT2D eigenvalue weighted by Crippen LogP contribution is -2.08. The molecule has 1 aromatic heterocycles. The lowest BCUT2D eigenvalue weighted by molar-refractivity contribution is 0.0583. The minimum absolute atomic E-state index is 0.311. The van der Waals surface area contributed by atoms with E-state index in [9.17, 15) is 4.79 Å². The van der Waals surface area contributed by atoms with Crippen molar-refractivity contribution in [2.75, 3.05) is 7.11 Å². The van der Waals surface area contributed by atoms with E-state index < -0.39 is 5.97 Å². The number of aryl methyl sites for hydroxylation is 1. The van der Waals surface area contributed by atoms with E-state index in [-0.39, 0.29) is 0 Å². The third-order valence-electron chi connectivity index (χ3n) is 3.12. The van der Waals surface area contributed by atoms with Gasteiger partial charge in [-0.1, -0.05) is 38.1 Å². The van der Waals surface area contributed by atoms with Crippen LogP contribution in [-0.4, -0.2) is 22.6 Å². The highest BCUT2D eigenvalue weighted by Gasteiger charge is 2.14. The number of benzene rings is 1.